The molecule has 0 spiro atoms. The van der Waals surface area contributed by atoms with Crippen molar-refractivity contribution in [2.75, 3.05) is 13.6 Å². The van der Waals surface area contributed by atoms with E-state index in [1.807, 2.05) is 6.92 Å². The number of carboxylic acids is 1. The van der Waals surface area contributed by atoms with Crippen LogP contribution in [-0.2, 0) is 14.4 Å². The van der Waals surface area contributed by atoms with Gasteiger partial charge in [-0.25, -0.2) is 0 Å². The first-order valence-electron chi connectivity index (χ1n) is 5.69. The molecule has 0 aromatic rings. The van der Waals surface area contributed by atoms with Gasteiger partial charge in [0.05, 0.1) is 12.5 Å². The molecule has 1 aliphatic rings. The third kappa shape index (κ3) is 2.63. The van der Waals surface area contributed by atoms with E-state index in [0.29, 0.717) is 13.0 Å². The maximum atomic E-state index is 11.9. The molecule has 0 bridgehead atoms. The second-order valence-electron chi connectivity index (χ2n) is 4.28. The maximum absolute atomic E-state index is 11.9. The normalized spacial score (nSPS) is 22.4. The summed E-state index contributed by atoms with van der Waals surface area (Å²) in [5, 5.41) is 8.88. The quantitative estimate of drug-likeness (QED) is 0.683. The topological polar surface area (TPSA) is 77.9 Å². The highest BCUT2D eigenvalue weighted by Crippen LogP contribution is 2.19. The van der Waals surface area contributed by atoms with Gasteiger partial charge in [0.25, 0.3) is 0 Å². The van der Waals surface area contributed by atoms with E-state index >= 15 is 0 Å². The minimum Gasteiger partial charge on any atom is -0.480 e. The van der Waals surface area contributed by atoms with E-state index in [4.69, 9.17) is 5.11 Å². The van der Waals surface area contributed by atoms with E-state index in [1.165, 1.54) is 16.7 Å². The van der Waals surface area contributed by atoms with E-state index in [-0.39, 0.29) is 18.2 Å². The third-order valence-corrected chi connectivity index (χ3v) is 3.13. The number of carboxylic acid groups (broad SMARTS) is 1. The van der Waals surface area contributed by atoms with Gasteiger partial charge in [-0.05, 0) is 20.4 Å². The van der Waals surface area contributed by atoms with Gasteiger partial charge in [-0.1, -0.05) is 6.92 Å². The molecule has 0 aromatic carbocycles. The van der Waals surface area contributed by atoms with Crippen molar-refractivity contribution in [2.45, 2.75) is 38.8 Å². The zero-order valence-corrected chi connectivity index (χ0v) is 10.3. The summed E-state index contributed by atoms with van der Waals surface area (Å²) in [6, 6.07) is -1.42. The van der Waals surface area contributed by atoms with Crippen LogP contribution in [0.25, 0.3) is 0 Å². The second-order valence-corrected chi connectivity index (χ2v) is 4.28. The molecule has 17 heavy (non-hydrogen) atoms. The van der Waals surface area contributed by atoms with Crippen LogP contribution < -0.4 is 0 Å². The zero-order valence-electron chi connectivity index (χ0n) is 10.3. The lowest BCUT2D eigenvalue weighted by molar-refractivity contribution is -0.144. The molecular weight excluding hydrogens is 224 g/mol. The molecule has 0 radical (unpaired) electrons. The Hall–Kier alpha value is -1.43. The van der Waals surface area contributed by atoms with Crippen LogP contribution in [0, 0.1) is 0 Å². The number of hydrogen-bond acceptors (Lipinski definition) is 4. The number of likely N-dealkylation sites (N-methyl/N-ethyl adjacent to an activating group) is 1. The summed E-state index contributed by atoms with van der Waals surface area (Å²) in [4.78, 5) is 37.1. The van der Waals surface area contributed by atoms with Crippen LogP contribution in [-0.4, -0.2) is 58.4 Å². The molecule has 96 valence electrons. The van der Waals surface area contributed by atoms with Gasteiger partial charge in [0.1, 0.15) is 6.04 Å². The highest BCUT2D eigenvalue weighted by molar-refractivity contribution is 6.05. The van der Waals surface area contributed by atoms with Crippen LogP contribution in [0.15, 0.2) is 0 Å². The predicted molar refractivity (Wildman–Crippen MR) is 60.3 cm³/mol. The van der Waals surface area contributed by atoms with Gasteiger partial charge >= 0.3 is 5.97 Å². The third-order valence-electron chi connectivity index (χ3n) is 3.13. The highest BCUT2D eigenvalue weighted by atomic mass is 16.4. The Morgan fingerprint density at radius 2 is 2.18 bits per heavy atom. The first-order valence-corrected chi connectivity index (χ1v) is 5.69. The Balaban J connectivity index is 2.78. The Morgan fingerprint density at radius 3 is 2.65 bits per heavy atom. The minimum absolute atomic E-state index is 0.0763. The van der Waals surface area contributed by atoms with Crippen LogP contribution in [0.1, 0.15) is 26.7 Å². The van der Waals surface area contributed by atoms with Gasteiger partial charge in [0, 0.05) is 6.54 Å². The van der Waals surface area contributed by atoms with Crippen molar-refractivity contribution >= 4 is 17.8 Å². The first kappa shape index (κ1) is 13.6. The number of likely N-dealkylation sites (tertiary alicyclic amines) is 1. The van der Waals surface area contributed by atoms with Crippen molar-refractivity contribution in [2.24, 2.45) is 0 Å². The SMILES string of the molecule is CCCN1C(=O)CC(N(C)C(C)C(=O)O)C1=O. The Labute approximate surface area is 100 Å². The minimum atomic E-state index is -0.998. The fourth-order valence-corrected chi connectivity index (χ4v) is 1.89. The molecule has 1 fully saturated rings. The van der Waals surface area contributed by atoms with Crippen molar-refractivity contribution < 1.29 is 19.5 Å². The molecule has 0 aromatic heterocycles. The number of aliphatic carboxylic acids is 1. The Morgan fingerprint density at radius 1 is 1.59 bits per heavy atom. The molecule has 0 aliphatic carbocycles. The van der Waals surface area contributed by atoms with Crippen LogP contribution >= 0.6 is 0 Å². The number of amides is 2. The fourth-order valence-electron chi connectivity index (χ4n) is 1.89. The summed E-state index contributed by atoms with van der Waals surface area (Å²) in [7, 11) is 1.56. The van der Waals surface area contributed by atoms with Gasteiger partial charge in [0.2, 0.25) is 11.8 Å². The molecule has 6 heteroatoms. The monoisotopic (exact) mass is 242 g/mol. The number of carbonyl (C=O) groups excluding carboxylic acids is 2. The van der Waals surface area contributed by atoms with Gasteiger partial charge in [-0.15, -0.1) is 0 Å². The van der Waals surface area contributed by atoms with Gasteiger partial charge in [0.15, 0.2) is 0 Å². The number of hydrogen-bond donors (Lipinski definition) is 1. The molecule has 1 N–H and O–H groups in total. The molecule has 1 aliphatic heterocycles. The average molecular weight is 242 g/mol. The number of imide groups is 1. The zero-order chi connectivity index (χ0) is 13.2. The number of rotatable bonds is 5. The van der Waals surface area contributed by atoms with Crippen LogP contribution in [0.4, 0.5) is 0 Å². The average Bonchev–Trinajstić information content (AvgIpc) is 2.55. The second kappa shape index (κ2) is 5.27. The van der Waals surface area contributed by atoms with E-state index in [1.54, 1.807) is 7.05 Å². The molecular formula is C11H18N2O4. The van der Waals surface area contributed by atoms with E-state index in [0.717, 1.165) is 0 Å². The lowest BCUT2D eigenvalue weighted by Gasteiger charge is -2.26. The summed E-state index contributed by atoms with van der Waals surface area (Å²) >= 11 is 0. The lowest BCUT2D eigenvalue weighted by Crippen LogP contribution is -2.47. The molecule has 1 saturated heterocycles. The lowest BCUT2D eigenvalue weighted by atomic mass is 10.1. The van der Waals surface area contributed by atoms with E-state index in [9.17, 15) is 14.4 Å². The van der Waals surface area contributed by atoms with Crippen molar-refractivity contribution in [1.82, 2.24) is 9.80 Å². The van der Waals surface area contributed by atoms with E-state index < -0.39 is 18.1 Å². The Kier molecular flexibility index (Phi) is 4.22. The fraction of sp³-hybridized carbons (Fsp3) is 0.727. The van der Waals surface area contributed by atoms with E-state index in [2.05, 4.69) is 0 Å². The molecule has 1 heterocycles. The van der Waals surface area contributed by atoms with Crippen molar-refractivity contribution in [3.8, 4) is 0 Å². The standard InChI is InChI=1S/C11H18N2O4/c1-4-5-13-9(14)6-8(10(13)15)12(3)7(2)11(16)17/h7-8H,4-6H2,1-3H3,(H,16,17). The summed E-state index contributed by atoms with van der Waals surface area (Å²) in [5.41, 5.74) is 0. The maximum Gasteiger partial charge on any atom is 0.320 e. The van der Waals surface area contributed by atoms with Crippen LogP contribution in [0.5, 0.6) is 0 Å². The van der Waals surface area contributed by atoms with Gasteiger partial charge in [-0.2, -0.15) is 0 Å². The molecule has 0 saturated carbocycles. The predicted octanol–water partition coefficient (Wildman–Crippen LogP) is -0.0712. The molecule has 2 unspecified atom stereocenters. The van der Waals surface area contributed by atoms with Crippen LogP contribution in [0.2, 0.25) is 0 Å². The smallest absolute Gasteiger partial charge is 0.320 e. The summed E-state index contributed by atoms with van der Waals surface area (Å²) in [5.74, 6) is -1.50. The summed E-state index contributed by atoms with van der Waals surface area (Å²) < 4.78 is 0. The number of nitrogens with zero attached hydrogens (tertiary/aromatic N) is 2. The van der Waals surface area contributed by atoms with Gasteiger partial charge < -0.3 is 5.11 Å². The van der Waals surface area contributed by atoms with Crippen molar-refractivity contribution in [1.29, 1.82) is 0 Å². The molecule has 2 atom stereocenters. The first-order chi connectivity index (χ1) is 7.90. The molecule has 6 nitrogen and oxygen atoms in total. The van der Waals surface area contributed by atoms with Gasteiger partial charge in [-0.3, -0.25) is 24.2 Å². The number of carbonyl (C=O) groups is 3. The summed E-state index contributed by atoms with van der Waals surface area (Å²) in [6.07, 6.45) is 0.787. The molecule has 2 amide bonds. The van der Waals surface area contributed by atoms with Crippen molar-refractivity contribution in [3.05, 3.63) is 0 Å². The van der Waals surface area contributed by atoms with Crippen LogP contribution in [0.3, 0.4) is 0 Å². The Bertz CT molecular complexity index is 342. The molecule has 1 rings (SSSR count). The summed E-state index contributed by atoms with van der Waals surface area (Å²) in [6.45, 7) is 3.80. The largest absolute Gasteiger partial charge is 0.480 e. The highest BCUT2D eigenvalue weighted by Gasteiger charge is 2.42. The van der Waals surface area contributed by atoms with Crippen molar-refractivity contribution in [3.63, 3.8) is 0 Å².